The topological polar surface area (TPSA) is 21.3 Å². The van der Waals surface area contributed by atoms with Gasteiger partial charge in [-0.2, -0.15) is 0 Å². The molecule has 1 aromatic rings. The average molecular weight is 235 g/mol. The van der Waals surface area contributed by atoms with E-state index in [1.807, 2.05) is 14.0 Å². The summed E-state index contributed by atoms with van der Waals surface area (Å²) in [5, 5.41) is 3.39. The third kappa shape index (κ3) is 4.78. The van der Waals surface area contributed by atoms with E-state index in [0.29, 0.717) is 6.04 Å². The molecular formula is C15H25NO. The van der Waals surface area contributed by atoms with Gasteiger partial charge in [-0.05, 0) is 38.1 Å². The minimum Gasteiger partial charge on any atom is -0.494 e. The first-order valence-electron chi connectivity index (χ1n) is 6.71. The Labute approximate surface area is 105 Å². The molecule has 0 spiro atoms. The maximum absolute atomic E-state index is 5.45. The fourth-order valence-corrected chi connectivity index (χ4v) is 2.04. The number of hydrogen-bond acceptors (Lipinski definition) is 2. The van der Waals surface area contributed by atoms with Crippen molar-refractivity contribution in [1.29, 1.82) is 0 Å². The van der Waals surface area contributed by atoms with Gasteiger partial charge in [0.15, 0.2) is 0 Å². The molecule has 0 aromatic heterocycles. The molecule has 1 atom stereocenters. The van der Waals surface area contributed by atoms with Crippen LogP contribution in [0.4, 0.5) is 0 Å². The van der Waals surface area contributed by atoms with Gasteiger partial charge in [-0.3, -0.25) is 0 Å². The van der Waals surface area contributed by atoms with Crippen molar-refractivity contribution in [3.63, 3.8) is 0 Å². The highest BCUT2D eigenvalue weighted by molar-refractivity contribution is 5.29. The van der Waals surface area contributed by atoms with Crippen LogP contribution in [0.5, 0.6) is 5.75 Å². The number of ether oxygens (including phenoxy) is 1. The van der Waals surface area contributed by atoms with Gasteiger partial charge in [0, 0.05) is 6.04 Å². The van der Waals surface area contributed by atoms with Gasteiger partial charge < -0.3 is 10.1 Å². The molecule has 0 saturated carbocycles. The Balaban J connectivity index is 2.55. The van der Waals surface area contributed by atoms with Crippen molar-refractivity contribution < 1.29 is 4.74 Å². The third-order valence-corrected chi connectivity index (χ3v) is 3.04. The molecule has 1 N–H and O–H groups in total. The lowest BCUT2D eigenvalue weighted by molar-refractivity contribution is 0.340. The molecule has 2 heteroatoms. The van der Waals surface area contributed by atoms with Crippen molar-refractivity contribution in [2.75, 3.05) is 13.7 Å². The molecule has 0 aliphatic rings. The summed E-state index contributed by atoms with van der Waals surface area (Å²) < 4.78 is 5.45. The van der Waals surface area contributed by atoms with Crippen LogP contribution in [0, 0.1) is 0 Å². The Morgan fingerprint density at radius 2 is 1.82 bits per heavy atom. The van der Waals surface area contributed by atoms with Gasteiger partial charge in [0.25, 0.3) is 0 Å². The maximum Gasteiger partial charge on any atom is 0.119 e. The van der Waals surface area contributed by atoms with Crippen molar-refractivity contribution in [3.05, 3.63) is 29.8 Å². The summed E-state index contributed by atoms with van der Waals surface area (Å²) in [6, 6.07) is 8.92. The molecule has 17 heavy (non-hydrogen) atoms. The van der Waals surface area contributed by atoms with Crippen LogP contribution in [0.25, 0.3) is 0 Å². The molecule has 1 unspecified atom stereocenters. The van der Waals surface area contributed by atoms with E-state index in [1.165, 1.54) is 31.2 Å². The van der Waals surface area contributed by atoms with Crippen molar-refractivity contribution in [3.8, 4) is 5.75 Å². The Morgan fingerprint density at radius 1 is 1.12 bits per heavy atom. The summed E-state index contributed by atoms with van der Waals surface area (Å²) in [6.07, 6.45) is 5.09. The van der Waals surface area contributed by atoms with E-state index in [0.717, 1.165) is 12.4 Å². The molecular weight excluding hydrogens is 210 g/mol. The number of rotatable bonds is 8. The monoisotopic (exact) mass is 235 g/mol. The molecule has 1 rings (SSSR count). The zero-order valence-corrected chi connectivity index (χ0v) is 11.3. The van der Waals surface area contributed by atoms with Crippen molar-refractivity contribution in [2.24, 2.45) is 0 Å². The minimum atomic E-state index is 0.470. The zero-order chi connectivity index (χ0) is 12.5. The van der Waals surface area contributed by atoms with E-state index in [2.05, 4.69) is 36.5 Å². The summed E-state index contributed by atoms with van der Waals surface area (Å²) in [5.41, 5.74) is 1.35. The van der Waals surface area contributed by atoms with Gasteiger partial charge in [-0.1, -0.05) is 38.3 Å². The normalized spacial score (nSPS) is 12.4. The van der Waals surface area contributed by atoms with Crippen molar-refractivity contribution >= 4 is 0 Å². The molecule has 0 radical (unpaired) electrons. The van der Waals surface area contributed by atoms with E-state index in [1.54, 1.807) is 0 Å². The molecule has 0 amide bonds. The first-order chi connectivity index (χ1) is 8.31. The Bertz CT molecular complexity index is 294. The molecule has 0 aliphatic heterocycles. The summed E-state index contributed by atoms with van der Waals surface area (Å²) in [5.74, 6) is 0.958. The molecule has 0 bridgehead atoms. The smallest absolute Gasteiger partial charge is 0.119 e. The predicted octanol–water partition coefficient (Wildman–Crippen LogP) is 3.93. The van der Waals surface area contributed by atoms with Gasteiger partial charge in [-0.25, -0.2) is 0 Å². The quantitative estimate of drug-likeness (QED) is 0.689. The van der Waals surface area contributed by atoms with Crippen LogP contribution in [-0.4, -0.2) is 13.7 Å². The second-order valence-electron chi connectivity index (χ2n) is 4.34. The van der Waals surface area contributed by atoms with Gasteiger partial charge in [0.05, 0.1) is 6.61 Å². The number of hydrogen-bond donors (Lipinski definition) is 1. The van der Waals surface area contributed by atoms with Crippen LogP contribution < -0.4 is 10.1 Å². The SMILES string of the molecule is CCCCCC(NC)c1ccc(OCC)cc1. The first kappa shape index (κ1) is 14.0. The van der Waals surface area contributed by atoms with Gasteiger partial charge in [0.1, 0.15) is 5.75 Å². The van der Waals surface area contributed by atoms with Crippen molar-refractivity contribution in [1.82, 2.24) is 5.32 Å². The minimum absolute atomic E-state index is 0.470. The second kappa shape index (κ2) is 8.13. The molecule has 0 heterocycles. The lowest BCUT2D eigenvalue weighted by Gasteiger charge is -2.17. The van der Waals surface area contributed by atoms with Crippen LogP contribution >= 0.6 is 0 Å². The fraction of sp³-hybridized carbons (Fsp3) is 0.600. The maximum atomic E-state index is 5.45. The average Bonchev–Trinajstić information content (AvgIpc) is 2.36. The van der Waals surface area contributed by atoms with E-state index < -0.39 is 0 Å². The molecule has 2 nitrogen and oxygen atoms in total. The van der Waals surface area contributed by atoms with E-state index in [4.69, 9.17) is 4.74 Å². The predicted molar refractivity (Wildman–Crippen MR) is 73.6 cm³/mol. The lowest BCUT2D eigenvalue weighted by atomic mass is 10.0. The first-order valence-corrected chi connectivity index (χ1v) is 6.71. The Morgan fingerprint density at radius 3 is 2.35 bits per heavy atom. The van der Waals surface area contributed by atoms with Gasteiger partial charge in [-0.15, -0.1) is 0 Å². The summed E-state index contributed by atoms with van der Waals surface area (Å²) >= 11 is 0. The Hall–Kier alpha value is -1.02. The van der Waals surface area contributed by atoms with Gasteiger partial charge in [0.2, 0.25) is 0 Å². The standard InChI is InChI=1S/C15H25NO/c1-4-6-7-8-15(16-3)13-9-11-14(12-10-13)17-5-2/h9-12,15-16H,4-8H2,1-3H3. The molecule has 0 aliphatic carbocycles. The van der Waals surface area contributed by atoms with Crippen LogP contribution in [0.2, 0.25) is 0 Å². The molecule has 0 saturated heterocycles. The zero-order valence-electron chi connectivity index (χ0n) is 11.3. The highest BCUT2D eigenvalue weighted by atomic mass is 16.5. The Kier molecular flexibility index (Phi) is 6.71. The van der Waals surface area contributed by atoms with Crippen molar-refractivity contribution in [2.45, 2.75) is 45.6 Å². The van der Waals surface area contributed by atoms with Crippen LogP contribution in [0.15, 0.2) is 24.3 Å². The molecule has 0 fully saturated rings. The summed E-state index contributed by atoms with van der Waals surface area (Å²) in [7, 11) is 2.03. The van der Waals surface area contributed by atoms with Crippen LogP contribution in [0.3, 0.4) is 0 Å². The van der Waals surface area contributed by atoms with E-state index >= 15 is 0 Å². The van der Waals surface area contributed by atoms with E-state index in [9.17, 15) is 0 Å². The third-order valence-electron chi connectivity index (χ3n) is 3.04. The van der Waals surface area contributed by atoms with Crippen LogP contribution in [0.1, 0.15) is 51.1 Å². The van der Waals surface area contributed by atoms with E-state index in [-0.39, 0.29) is 0 Å². The van der Waals surface area contributed by atoms with Crippen LogP contribution in [-0.2, 0) is 0 Å². The largest absolute Gasteiger partial charge is 0.494 e. The summed E-state index contributed by atoms with van der Waals surface area (Å²) in [6.45, 7) is 4.98. The lowest BCUT2D eigenvalue weighted by Crippen LogP contribution is -2.16. The molecule has 96 valence electrons. The number of benzene rings is 1. The fourth-order valence-electron chi connectivity index (χ4n) is 2.04. The highest BCUT2D eigenvalue weighted by Gasteiger charge is 2.08. The highest BCUT2D eigenvalue weighted by Crippen LogP contribution is 2.22. The summed E-state index contributed by atoms with van der Waals surface area (Å²) in [4.78, 5) is 0. The number of nitrogens with one attached hydrogen (secondary N) is 1. The molecule has 1 aromatic carbocycles. The second-order valence-corrected chi connectivity index (χ2v) is 4.34. The number of unbranched alkanes of at least 4 members (excludes halogenated alkanes) is 2. The van der Waals surface area contributed by atoms with Gasteiger partial charge >= 0.3 is 0 Å².